The molecule has 0 radical (unpaired) electrons. The normalized spacial score (nSPS) is 9.27. The van der Waals surface area contributed by atoms with Crippen molar-refractivity contribution in [3.63, 3.8) is 0 Å². The summed E-state index contributed by atoms with van der Waals surface area (Å²) >= 11 is 2.46. The standard InChI is InChI=1S/C9H19I.Mg.2H/c1-2-3-4-5-6-7-8-9-10;;;/h2-9H2,1H3;;;/q;+2;2*-1. The van der Waals surface area contributed by atoms with Crippen molar-refractivity contribution in [3.05, 3.63) is 0 Å². The molecule has 0 fully saturated rings. The van der Waals surface area contributed by atoms with Gasteiger partial charge in [0.1, 0.15) is 0 Å². The van der Waals surface area contributed by atoms with E-state index in [1.165, 1.54) is 49.4 Å². The van der Waals surface area contributed by atoms with Crippen molar-refractivity contribution in [3.8, 4) is 0 Å². The maximum atomic E-state index is 2.46. The second-order valence-corrected chi connectivity index (χ2v) is 3.89. The van der Waals surface area contributed by atoms with E-state index in [1.54, 1.807) is 0 Å². The first kappa shape index (κ1) is 15.0. The molecule has 0 atom stereocenters. The molecule has 2 heteroatoms. The summed E-state index contributed by atoms with van der Waals surface area (Å²) in [6.45, 7) is 2.27. The van der Waals surface area contributed by atoms with Gasteiger partial charge in [0.2, 0.25) is 0 Å². The van der Waals surface area contributed by atoms with Crippen LogP contribution in [-0.4, -0.2) is 27.5 Å². The van der Waals surface area contributed by atoms with E-state index in [4.69, 9.17) is 0 Å². The topological polar surface area (TPSA) is 0 Å². The van der Waals surface area contributed by atoms with E-state index in [2.05, 4.69) is 29.5 Å². The molecular formula is C9H21IMg. The van der Waals surface area contributed by atoms with Gasteiger partial charge in [-0.15, -0.1) is 0 Å². The molecule has 0 aromatic rings. The third-order valence-electron chi connectivity index (χ3n) is 1.74. The monoisotopic (exact) mass is 280 g/mol. The number of hydrogen-bond acceptors (Lipinski definition) is 0. The van der Waals surface area contributed by atoms with Crippen molar-refractivity contribution < 1.29 is 2.85 Å². The summed E-state index contributed by atoms with van der Waals surface area (Å²) in [4.78, 5) is 0. The van der Waals surface area contributed by atoms with Crippen molar-refractivity contribution in [1.29, 1.82) is 0 Å². The van der Waals surface area contributed by atoms with E-state index in [0.29, 0.717) is 0 Å². The molecule has 0 heterocycles. The second kappa shape index (κ2) is 14.0. The number of halogens is 1. The van der Waals surface area contributed by atoms with E-state index in [1.807, 2.05) is 0 Å². The van der Waals surface area contributed by atoms with Crippen LogP contribution in [0.25, 0.3) is 0 Å². The van der Waals surface area contributed by atoms with Crippen LogP contribution >= 0.6 is 22.6 Å². The Bertz CT molecular complexity index is 57.6. The van der Waals surface area contributed by atoms with Gasteiger partial charge in [-0.25, -0.2) is 0 Å². The minimum atomic E-state index is 0. The molecule has 0 aliphatic carbocycles. The first-order valence-electron chi connectivity index (χ1n) is 4.47. The molecule has 0 saturated heterocycles. The molecule has 0 aromatic heterocycles. The summed E-state index contributed by atoms with van der Waals surface area (Å²) in [6.07, 6.45) is 10.1. The molecule has 0 nitrogen and oxygen atoms in total. The van der Waals surface area contributed by atoms with Gasteiger partial charge in [-0.2, -0.15) is 0 Å². The summed E-state index contributed by atoms with van der Waals surface area (Å²) in [6, 6.07) is 0. The molecule has 0 saturated carbocycles. The van der Waals surface area contributed by atoms with E-state index in [0.717, 1.165) is 0 Å². The molecule has 0 aromatic carbocycles. The van der Waals surface area contributed by atoms with E-state index in [-0.39, 0.29) is 25.9 Å². The van der Waals surface area contributed by atoms with Crippen molar-refractivity contribution in [2.75, 3.05) is 4.43 Å². The Morgan fingerprint density at radius 1 is 0.909 bits per heavy atom. The summed E-state index contributed by atoms with van der Waals surface area (Å²) in [7, 11) is 0. The zero-order valence-corrected chi connectivity index (χ0v) is 11.3. The van der Waals surface area contributed by atoms with Gasteiger partial charge in [0.15, 0.2) is 0 Å². The summed E-state index contributed by atoms with van der Waals surface area (Å²) < 4.78 is 1.34. The van der Waals surface area contributed by atoms with Crippen LogP contribution in [0.15, 0.2) is 0 Å². The zero-order chi connectivity index (χ0) is 7.66. The van der Waals surface area contributed by atoms with Gasteiger partial charge in [0, 0.05) is 0 Å². The predicted octanol–water partition coefficient (Wildman–Crippen LogP) is 4.02. The Kier molecular flexibility index (Phi) is 19.1. The Labute approximate surface area is 104 Å². The summed E-state index contributed by atoms with van der Waals surface area (Å²) in [5.41, 5.74) is 0. The minimum Gasteiger partial charge on any atom is -1.00 e. The van der Waals surface area contributed by atoms with Gasteiger partial charge >= 0.3 is 23.1 Å². The molecule has 11 heavy (non-hydrogen) atoms. The minimum absolute atomic E-state index is 0. The van der Waals surface area contributed by atoms with E-state index >= 15 is 0 Å². The average Bonchev–Trinajstić information content (AvgIpc) is 1.97. The number of hydrogen-bond donors (Lipinski definition) is 0. The number of alkyl halides is 1. The Hall–Kier alpha value is 1.50. The van der Waals surface area contributed by atoms with Crippen LogP contribution in [0.1, 0.15) is 54.7 Å². The van der Waals surface area contributed by atoms with Crippen molar-refractivity contribution in [2.24, 2.45) is 0 Å². The van der Waals surface area contributed by atoms with Gasteiger partial charge in [-0.05, 0) is 10.8 Å². The van der Waals surface area contributed by atoms with Crippen LogP contribution in [-0.2, 0) is 0 Å². The Balaban J connectivity index is -0.000000135. The average molecular weight is 280 g/mol. The Morgan fingerprint density at radius 3 is 1.82 bits per heavy atom. The third kappa shape index (κ3) is 14.4. The second-order valence-electron chi connectivity index (χ2n) is 2.81. The molecular weight excluding hydrogens is 259 g/mol. The maximum absolute atomic E-state index is 2.46. The smallest absolute Gasteiger partial charge is 1.00 e. The molecule has 0 aliphatic heterocycles. The molecule has 0 N–H and O–H groups in total. The fraction of sp³-hybridized carbons (Fsp3) is 1.00. The van der Waals surface area contributed by atoms with Crippen LogP contribution in [0.5, 0.6) is 0 Å². The van der Waals surface area contributed by atoms with Gasteiger partial charge in [-0.3, -0.25) is 0 Å². The van der Waals surface area contributed by atoms with Gasteiger partial charge < -0.3 is 2.85 Å². The van der Waals surface area contributed by atoms with Crippen LogP contribution < -0.4 is 0 Å². The number of rotatable bonds is 7. The van der Waals surface area contributed by atoms with E-state index < -0.39 is 0 Å². The first-order chi connectivity index (χ1) is 4.91. The molecule has 66 valence electrons. The van der Waals surface area contributed by atoms with Crippen LogP contribution in [0.4, 0.5) is 0 Å². The summed E-state index contributed by atoms with van der Waals surface area (Å²) in [5, 5.41) is 0. The third-order valence-corrected chi connectivity index (χ3v) is 2.50. The summed E-state index contributed by atoms with van der Waals surface area (Å²) in [5.74, 6) is 0. The Morgan fingerprint density at radius 2 is 1.36 bits per heavy atom. The molecule has 0 unspecified atom stereocenters. The van der Waals surface area contributed by atoms with Crippen LogP contribution in [0.3, 0.4) is 0 Å². The number of unbranched alkanes of at least 4 members (excludes halogenated alkanes) is 6. The van der Waals surface area contributed by atoms with E-state index in [9.17, 15) is 0 Å². The first-order valence-corrected chi connectivity index (χ1v) is 6.00. The molecule has 0 amide bonds. The van der Waals surface area contributed by atoms with Crippen molar-refractivity contribution >= 4 is 45.6 Å². The largest absolute Gasteiger partial charge is 2.00 e. The molecule has 0 bridgehead atoms. The van der Waals surface area contributed by atoms with Crippen LogP contribution in [0, 0.1) is 0 Å². The SMILES string of the molecule is CCCCCCCCCI.[H-].[H-].[Mg+2]. The molecule has 0 aliphatic rings. The van der Waals surface area contributed by atoms with Gasteiger partial charge in [-0.1, -0.05) is 68.0 Å². The van der Waals surface area contributed by atoms with Crippen LogP contribution in [0.2, 0.25) is 0 Å². The quantitative estimate of drug-likeness (QED) is 0.286. The van der Waals surface area contributed by atoms with Gasteiger partial charge in [0.05, 0.1) is 0 Å². The molecule has 0 rings (SSSR count). The molecule has 0 spiro atoms. The maximum Gasteiger partial charge on any atom is 2.00 e. The van der Waals surface area contributed by atoms with Crippen molar-refractivity contribution in [2.45, 2.75) is 51.9 Å². The fourth-order valence-electron chi connectivity index (χ4n) is 1.05. The van der Waals surface area contributed by atoms with Gasteiger partial charge in [0.25, 0.3) is 0 Å². The zero-order valence-electron chi connectivity index (χ0n) is 9.74. The predicted molar refractivity (Wildman–Crippen MR) is 64.9 cm³/mol. The van der Waals surface area contributed by atoms with Crippen molar-refractivity contribution in [1.82, 2.24) is 0 Å². The fourth-order valence-corrected chi connectivity index (χ4v) is 1.59.